The first kappa shape index (κ1) is 27.7. The molecule has 0 aromatic carbocycles. The molecule has 0 atom stereocenters. The number of aromatic nitrogens is 5. The third kappa shape index (κ3) is 6.41. The maximum Gasteiger partial charge on any atom is 0.256 e. The van der Waals surface area contributed by atoms with Crippen LogP contribution in [-0.2, 0) is 10.0 Å². The van der Waals surface area contributed by atoms with Crippen LogP contribution in [0.3, 0.4) is 0 Å². The summed E-state index contributed by atoms with van der Waals surface area (Å²) < 4.78 is 26.0. The average molecular weight is 580 g/mol. The highest BCUT2D eigenvalue weighted by atomic mass is 32.2. The van der Waals surface area contributed by atoms with Crippen LogP contribution in [0.4, 0.5) is 17.3 Å². The summed E-state index contributed by atoms with van der Waals surface area (Å²) in [6, 6.07) is 4.21. The van der Waals surface area contributed by atoms with E-state index < -0.39 is 10.0 Å². The summed E-state index contributed by atoms with van der Waals surface area (Å²) in [4.78, 5) is 31.1. The van der Waals surface area contributed by atoms with Crippen molar-refractivity contribution in [3.05, 3.63) is 42.5 Å². The largest absolute Gasteiger partial charge is 0.383 e. The monoisotopic (exact) mass is 579 g/mol. The van der Waals surface area contributed by atoms with Gasteiger partial charge in [-0.2, -0.15) is 9.19 Å². The molecule has 218 valence electrons. The molecule has 41 heavy (non-hydrogen) atoms. The zero-order valence-corrected chi connectivity index (χ0v) is 24.3. The second kappa shape index (κ2) is 11.5. The number of hydrogen-bond donors (Lipinski definition) is 2. The first-order valence-corrected chi connectivity index (χ1v) is 15.8. The number of pyridine rings is 1. The lowest BCUT2D eigenvalue weighted by Gasteiger charge is -2.35. The van der Waals surface area contributed by atoms with Crippen LogP contribution in [0.15, 0.2) is 36.9 Å². The Kier molecular flexibility index (Phi) is 7.75. The second-order valence-electron chi connectivity index (χ2n) is 11.5. The van der Waals surface area contributed by atoms with E-state index in [1.165, 1.54) is 25.2 Å². The molecule has 0 spiro atoms. The van der Waals surface area contributed by atoms with Crippen LogP contribution in [0.1, 0.15) is 48.9 Å². The Hall–Kier alpha value is -3.42. The predicted octanol–water partition coefficient (Wildman–Crippen LogP) is 2.85. The summed E-state index contributed by atoms with van der Waals surface area (Å²) in [6.45, 7) is 3.78. The molecule has 2 saturated carbocycles. The Morgan fingerprint density at radius 2 is 1.83 bits per heavy atom. The van der Waals surface area contributed by atoms with Gasteiger partial charge in [0.1, 0.15) is 11.6 Å². The fraction of sp³-hybridized carbons (Fsp3) is 0.536. The molecule has 0 radical (unpaired) electrons. The SMILES string of the molecule is CN(C)C1CCN(CCNc2cc(Nc3ccnc(-c4cnn(S(=O)(=O)C5CC5)c4)n3)ncc2C(=O)C2CC2)CC1. The third-order valence-corrected chi connectivity index (χ3v) is 10.1. The van der Waals surface area contributed by atoms with Gasteiger partial charge in [-0.3, -0.25) is 4.79 Å². The van der Waals surface area contributed by atoms with Crippen molar-refractivity contribution >= 4 is 33.1 Å². The zero-order valence-electron chi connectivity index (χ0n) is 23.5. The summed E-state index contributed by atoms with van der Waals surface area (Å²) in [5.74, 6) is 1.62. The van der Waals surface area contributed by atoms with Crippen LogP contribution in [0.5, 0.6) is 0 Å². The normalized spacial score (nSPS) is 18.5. The molecule has 2 N–H and O–H groups in total. The number of carbonyl (C=O) groups excluding carboxylic acids is 1. The Bertz CT molecular complexity index is 1510. The van der Waals surface area contributed by atoms with Crippen molar-refractivity contribution in [2.45, 2.75) is 49.8 Å². The number of hydrogen-bond acceptors (Lipinski definition) is 11. The fourth-order valence-electron chi connectivity index (χ4n) is 5.22. The molecule has 12 nitrogen and oxygen atoms in total. The van der Waals surface area contributed by atoms with Gasteiger partial charge in [-0.25, -0.2) is 23.4 Å². The molecule has 3 aliphatic rings. The minimum Gasteiger partial charge on any atom is -0.383 e. The highest BCUT2D eigenvalue weighted by molar-refractivity contribution is 7.90. The number of nitrogens with one attached hydrogen (secondary N) is 2. The second-order valence-corrected chi connectivity index (χ2v) is 13.5. The Morgan fingerprint density at radius 3 is 2.54 bits per heavy atom. The number of ketones is 1. The van der Waals surface area contributed by atoms with Crippen LogP contribution in [-0.4, -0.2) is 99.7 Å². The Morgan fingerprint density at radius 1 is 1.05 bits per heavy atom. The molecular weight excluding hydrogens is 542 g/mol. The molecule has 6 rings (SSSR count). The van der Waals surface area contributed by atoms with E-state index in [2.05, 4.69) is 54.6 Å². The van der Waals surface area contributed by atoms with E-state index in [9.17, 15) is 13.2 Å². The first-order chi connectivity index (χ1) is 19.8. The summed E-state index contributed by atoms with van der Waals surface area (Å²) in [5, 5.41) is 10.4. The molecular formula is C28H37N9O3S. The minimum absolute atomic E-state index is 0.0929. The molecule has 0 amide bonds. The molecule has 3 aromatic heterocycles. The molecule has 1 saturated heterocycles. The molecule has 13 heteroatoms. The summed E-state index contributed by atoms with van der Waals surface area (Å²) in [7, 11) is 0.828. The van der Waals surface area contributed by atoms with E-state index in [0.717, 1.165) is 48.8 Å². The van der Waals surface area contributed by atoms with Crippen molar-refractivity contribution in [2.75, 3.05) is 50.9 Å². The van der Waals surface area contributed by atoms with Gasteiger partial charge in [-0.05, 0) is 71.8 Å². The van der Waals surface area contributed by atoms with Crippen molar-refractivity contribution in [2.24, 2.45) is 5.92 Å². The molecule has 4 heterocycles. The summed E-state index contributed by atoms with van der Waals surface area (Å²) in [5.41, 5.74) is 1.90. The van der Waals surface area contributed by atoms with Gasteiger partial charge in [0.2, 0.25) is 0 Å². The van der Waals surface area contributed by atoms with Gasteiger partial charge in [0.05, 0.1) is 34.5 Å². The number of piperidine rings is 1. The van der Waals surface area contributed by atoms with Gasteiger partial charge in [-0.15, -0.1) is 0 Å². The average Bonchev–Trinajstić information content (AvgIpc) is 3.91. The molecule has 3 aromatic rings. The quantitative estimate of drug-likeness (QED) is 0.306. The molecule has 3 fully saturated rings. The van der Waals surface area contributed by atoms with Crippen molar-refractivity contribution in [1.29, 1.82) is 0 Å². The highest BCUT2D eigenvalue weighted by Gasteiger charge is 2.38. The van der Waals surface area contributed by atoms with Gasteiger partial charge in [0.25, 0.3) is 10.0 Å². The van der Waals surface area contributed by atoms with Crippen molar-refractivity contribution in [1.82, 2.24) is 33.9 Å². The smallest absolute Gasteiger partial charge is 0.256 e. The fourth-order valence-corrected chi connectivity index (χ4v) is 6.69. The van der Waals surface area contributed by atoms with Gasteiger partial charge < -0.3 is 20.4 Å². The zero-order chi connectivity index (χ0) is 28.6. The number of Topliss-reactive ketones (excluding diaryl/α,β-unsaturated/α-hetero) is 1. The van der Waals surface area contributed by atoms with Crippen LogP contribution in [0, 0.1) is 5.92 Å². The molecule has 0 bridgehead atoms. The number of anilines is 3. The Labute approximate surface area is 240 Å². The van der Waals surface area contributed by atoms with E-state index in [1.807, 2.05) is 6.07 Å². The van der Waals surface area contributed by atoms with Crippen molar-refractivity contribution in [3.63, 3.8) is 0 Å². The molecule has 0 unspecified atom stereocenters. The maximum absolute atomic E-state index is 13.0. The Balaban J connectivity index is 1.14. The minimum atomic E-state index is -3.47. The van der Waals surface area contributed by atoms with Crippen molar-refractivity contribution in [3.8, 4) is 11.4 Å². The molecule has 2 aliphatic carbocycles. The summed E-state index contributed by atoms with van der Waals surface area (Å²) >= 11 is 0. The van der Waals surface area contributed by atoms with Gasteiger partial charge in [0.15, 0.2) is 11.6 Å². The standard InChI is InChI=1S/C28H37N9O3S/c1-35(2)21-8-12-36(13-9-21)14-11-29-24-15-26(31-17-23(24)27(38)19-3-4-19)33-25-7-10-30-28(34-25)20-16-32-37(18-20)41(39,40)22-5-6-22/h7,10,15-19,21-22H,3-6,8-9,11-14H2,1-2H3,(H2,29,30,31,33,34). The maximum atomic E-state index is 13.0. The van der Waals surface area contributed by atoms with Gasteiger partial charge in [-0.1, -0.05) is 0 Å². The highest BCUT2D eigenvalue weighted by Crippen LogP contribution is 2.35. The lowest BCUT2D eigenvalue weighted by atomic mass is 10.0. The van der Waals surface area contributed by atoms with E-state index in [-0.39, 0.29) is 17.0 Å². The number of nitrogens with zero attached hydrogens (tertiary/aromatic N) is 7. The lowest BCUT2D eigenvalue weighted by Crippen LogP contribution is -2.43. The molecule has 1 aliphatic heterocycles. The van der Waals surface area contributed by atoms with E-state index in [0.29, 0.717) is 47.5 Å². The third-order valence-electron chi connectivity index (χ3n) is 8.08. The van der Waals surface area contributed by atoms with Crippen molar-refractivity contribution < 1.29 is 13.2 Å². The first-order valence-electron chi connectivity index (χ1n) is 14.3. The van der Waals surface area contributed by atoms with Crippen LogP contribution in [0.2, 0.25) is 0 Å². The lowest BCUT2D eigenvalue weighted by molar-refractivity contribution is 0.0968. The van der Waals surface area contributed by atoms with E-state index >= 15 is 0 Å². The topological polar surface area (TPSA) is 138 Å². The van der Waals surface area contributed by atoms with Gasteiger partial charge >= 0.3 is 0 Å². The van der Waals surface area contributed by atoms with E-state index in [1.54, 1.807) is 18.5 Å². The van der Waals surface area contributed by atoms with Crippen LogP contribution < -0.4 is 10.6 Å². The summed E-state index contributed by atoms with van der Waals surface area (Å²) in [6.07, 6.45) is 11.7. The van der Waals surface area contributed by atoms with Crippen LogP contribution in [0.25, 0.3) is 11.4 Å². The predicted molar refractivity (Wildman–Crippen MR) is 157 cm³/mol. The number of rotatable bonds is 12. The number of likely N-dealkylation sites (tertiary alicyclic amines) is 1. The van der Waals surface area contributed by atoms with Crippen LogP contribution >= 0.6 is 0 Å². The van der Waals surface area contributed by atoms with Gasteiger partial charge in [0, 0.05) is 43.5 Å². The van der Waals surface area contributed by atoms with E-state index in [4.69, 9.17) is 0 Å². The number of carbonyl (C=O) groups is 1.